The standard InChI is InChI=1S/C22H24N4O.C8H13N3/c1-4-11-23-14-21-24-13-17(25-21)16-9-10-18-20(12-16)27-19-8-6-7-15(3)22(19)26(18)5-2;1-6-5-10-8(11-6)7-3-2-4-9-7/h5-10,12-13,23H,2,4,11,14H2,1,3H3,(H,24,25);5,7,9H,2-4H2,1H3,(H,10,11). The molecule has 0 radical (unpaired) electrons. The molecule has 198 valence electrons. The number of anilines is 2. The fourth-order valence-corrected chi connectivity index (χ4v) is 4.92. The van der Waals surface area contributed by atoms with Crippen molar-refractivity contribution in [1.29, 1.82) is 0 Å². The van der Waals surface area contributed by atoms with Gasteiger partial charge in [-0.25, -0.2) is 9.97 Å². The third-order valence-electron chi connectivity index (χ3n) is 6.84. The van der Waals surface area contributed by atoms with Crippen LogP contribution in [0.15, 0.2) is 61.6 Å². The summed E-state index contributed by atoms with van der Waals surface area (Å²) in [6.07, 6.45) is 9.18. The average molecular weight is 512 g/mol. The van der Waals surface area contributed by atoms with Gasteiger partial charge in [-0.05, 0) is 70.0 Å². The lowest BCUT2D eigenvalue weighted by Gasteiger charge is -2.31. The molecule has 2 aliphatic heterocycles. The van der Waals surface area contributed by atoms with Crippen LogP contribution in [0.3, 0.4) is 0 Å². The number of benzene rings is 2. The molecule has 1 saturated heterocycles. The molecule has 1 fully saturated rings. The zero-order chi connectivity index (χ0) is 26.5. The van der Waals surface area contributed by atoms with Gasteiger partial charge in [-0.2, -0.15) is 0 Å². The molecule has 8 heteroatoms. The van der Waals surface area contributed by atoms with Crippen LogP contribution in [0.4, 0.5) is 11.4 Å². The number of hydrogen-bond acceptors (Lipinski definition) is 6. The van der Waals surface area contributed by atoms with Gasteiger partial charge in [-0.15, -0.1) is 0 Å². The maximum atomic E-state index is 6.20. The number of rotatable bonds is 7. The Balaban J connectivity index is 0.000000222. The molecule has 6 rings (SSSR count). The Hall–Kier alpha value is -3.88. The quantitative estimate of drug-likeness (QED) is 0.214. The van der Waals surface area contributed by atoms with Gasteiger partial charge in [0.1, 0.15) is 11.6 Å². The molecule has 1 atom stereocenters. The third kappa shape index (κ3) is 5.51. The summed E-state index contributed by atoms with van der Waals surface area (Å²) < 4.78 is 6.20. The smallest absolute Gasteiger partial charge is 0.152 e. The summed E-state index contributed by atoms with van der Waals surface area (Å²) in [4.78, 5) is 17.5. The van der Waals surface area contributed by atoms with Gasteiger partial charge in [0.25, 0.3) is 0 Å². The largest absolute Gasteiger partial charge is 0.453 e. The minimum atomic E-state index is 0.476. The fourth-order valence-electron chi connectivity index (χ4n) is 4.92. The molecule has 0 amide bonds. The third-order valence-corrected chi connectivity index (χ3v) is 6.84. The molecule has 4 N–H and O–H groups in total. The number of aryl methyl sites for hydroxylation is 2. The van der Waals surface area contributed by atoms with E-state index in [1.807, 2.05) is 43.7 Å². The van der Waals surface area contributed by atoms with Crippen molar-refractivity contribution in [2.24, 2.45) is 0 Å². The molecule has 0 spiro atoms. The zero-order valence-electron chi connectivity index (χ0n) is 22.5. The Labute approximate surface area is 224 Å². The van der Waals surface area contributed by atoms with Gasteiger partial charge >= 0.3 is 0 Å². The molecule has 0 bridgehead atoms. The van der Waals surface area contributed by atoms with Crippen molar-refractivity contribution in [3.8, 4) is 22.8 Å². The van der Waals surface area contributed by atoms with Crippen molar-refractivity contribution in [3.05, 3.63) is 84.5 Å². The number of H-pyrrole nitrogens is 2. The molecular formula is C30H37N7O. The summed E-state index contributed by atoms with van der Waals surface area (Å²) in [7, 11) is 0. The van der Waals surface area contributed by atoms with Crippen molar-refractivity contribution >= 4 is 11.4 Å². The SMILES string of the molecule is C=CN1c2ccc(-c3cnc(CNCCC)[nH]3)cc2Oc2cccc(C)c21.Cc1cnc(C2CCCN2)[nH]1. The predicted octanol–water partition coefficient (Wildman–Crippen LogP) is 6.41. The highest BCUT2D eigenvalue weighted by Crippen LogP contribution is 2.49. The van der Waals surface area contributed by atoms with Gasteiger partial charge in [0.15, 0.2) is 11.5 Å². The number of aromatic amines is 2. The summed E-state index contributed by atoms with van der Waals surface area (Å²) in [5, 5.41) is 6.75. The first kappa shape index (κ1) is 25.8. The van der Waals surface area contributed by atoms with Crippen LogP contribution in [0.25, 0.3) is 11.3 Å². The molecule has 0 aliphatic carbocycles. The molecule has 4 aromatic rings. The summed E-state index contributed by atoms with van der Waals surface area (Å²) in [6, 6.07) is 12.8. The van der Waals surface area contributed by atoms with E-state index in [1.165, 1.54) is 12.8 Å². The normalized spacial score (nSPS) is 15.8. The maximum Gasteiger partial charge on any atom is 0.152 e. The number of imidazole rings is 2. The summed E-state index contributed by atoms with van der Waals surface area (Å²) in [5.74, 6) is 3.69. The zero-order valence-corrected chi connectivity index (χ0v) is 22.5. The highest BCUT2D eigenvalue weighted by Gasteiger charge is 2.25. The van der Waals surface area contributed by atoms with Crippen LogP contribution in [-0.2, 0) is 6.54 Å². The average Bonchev–Trinajstić information content (AvgIpc) is 3.70. The molecule has 1 unspecified atom stereocenters. The number of hydrogen-bond donors (Lipinski definition) is 4. The molecule has 2 aromatic heterocycles. The summed E-state index contributed by atoms with van der Waals surface area (Å²) in [6.45, 7) is 13.1. The Bertz CT molecular complexity index is 1380. The minimum absolute atomic E-state index is 0.476. The Morgan fingerprint density at radius 2 is 2.03 bits per heavy atom. The number of nitrogens with zero attached hydrogens (tertiary/aromatic N) is 3. The number of ether oxygens (including phenoxy) is 1. The van der Waals surface area contributed by atoms with Crippen LogP contribution in [0.2, 0.25) is 0 Å². The first-order valence-electron chi connectivity index (χ1n) is 13.4. The van der Waals surface area contributed by atoms with Crippen molar-refractivity contribution in [1.82, 2.24) is 30.6 Å². The van der Waals surface area contributed by atoms with Gasteiger partial charge in [0, 0.05) is 23.7 Å². The monoisotopic (exact) mass is 511 g/mol. The van der Waals surface area contributed by atoms with Gasteiger partial charge in [-0.3, -0.25) is 0 Å². The van der Waals surface area contributed by atoms with Gasteiger partial charge < -0.3 is 30.2 Å². The van der Waals surface area contributed by atoms with Crippen LogP contribution >= 0.6 is 0 Å². The highest BCUT2D eigenvalue weighted by atomic mass is 16.5. The minimum Gasteiger partial charge on any atom is -0.453 e. The van der Waals surface area contributed by atoms with Crippen LogP contribution in [0, 0.1) is 13.8 Å². The molecule has 2 aromatic carbocycles. The summed E-state index contributed by atoms with van der Waals surface area (Å²) >= 11 is 0. The predicted molar refractivity (Wildman–Crippen MR) is 153 cm³/mol. The van der Waals surface area contributed by atoms with Gasteiger partial charge in [-0.1, -0.05) is 31.7 Å². The van der Waals surface area contributed by atoms with E-state index in [4.69, 9.17) is 4.74 Å². The lowest BCUT2D eigenvalue weighted by molar-refractivity contribution is 0.476. The lowest BCUT2D eigenvalue weighted by atomic mass is 10.1. The van der Waals surface area contributed by atoms with E-state index < -0.39 is 0 Å². The second-order valence-corrected chi connectivity index (χ2v) is 9.78. The van der Waals surface area contributed by atoms with Crippen LogP contribution in [0.1, 0.15) is 55.1 Å². The van der Waals surface area contributed by atoms with E-state index in [1.54, 1.807) is 0 Å². The molecular weight excluding hydrogens is 474 g/mol. The Morgan fingerprint density at radius 1 is 1.13 bits per heavy atom. The Morgan fingerprint density at radius 3 is 2.76 bits per heavy atom. The second kappa shape index (κ2) is 11.7. The van der Waals surface area contributed by atoms with E-state index in [0.29, 0.717) is 6.04 Å². The number of para-hydroxylation sites is 1. The van der Waals surface area contributed by atoms with E-state index in [0.717, 1.165) is 83.1 Å². The number of aromatic nitrogens is 4. The topological polar surface area (TPSA) is 93.9 Å². The van der Waals surface area contributed by atoms with E-state index in [9.17, 15) is 0 Å². The molecule has 0 saturated carbocycles. The molecule has 38 heavy (non-hydrogen) atoms. The number of nitrogens with one attached hydrogen (secondary N) is 4. The van der Waals surface area contributed by atoms with Crippen molar-refractivity contribution in [2.75, 3.05) is 18.0 Å². The highest BCUT2D eigenvalue weighted by molar-refractivity contribution is 5.83. The second-order valence-electron chi connectivity index (χ2n) is 9.78. The Kier molecular flexibility index (Phi) is 7.91. The van der Waals surface area contributed by atoms with E-state index in [-0.39, 0.29) is 0 Å². The van der Waals surface area contributed by atoms with Gasteiger partial charge in [0.05, 0.1) is 35.9 Å². The summed E-state index contributed by atoms with van der Waals surface area (Å²) in [5.41, 5.74) is 6.35. The van der Waals surface area contributed by atoms with E-state index >= 15 is 0 Å². The maximum absolute atomic E-state index is 6.20. The molecule has 2 aliphatic rings. The first-order chi connectivity index (χ1) is 18.6. The van der Waals surface area contributed by atoms with Crippen molar-refractivity contribution in [3.63, 3.8) is 0 Å². The van der Waals surface area contributed by atoms with Crippen molar-refractivity contribution in [2.45, 2.75) is 52.6 Å². The van der Waals surface area contributed by atoms with Crippen LogP contribution < -0.4 is 20.3 Å². The number of fused-ring (bicyclic) bond motifs is 2. The fraction of sp³-hybridized carbons (Fsp3) is 0.333. The van der Waals surface area contributed by atoms with Crippen molar-refractivity contribution < 1.29 is 4.74 Å². The van der Waals surface area contributed by atoms with Gasteiger partial charge in [0.2, 0.25) is 0 Å². The lowest BCUT2D eigenvalue weighted by Crippen LogP contribution is -2.15. The first-order valence-corrected chi connectivity index (χ1v) is 13.4. The van der Waals surface area contributed by atoms with Crippen LogP contribution in [0.5, 0.6) is 11.5 Å². The van der Waals surface area contributed by atoms with E-state index in [2.05, 4.69) is 74.1 Å². The van der Waals surface area contributed by atoms with Crippen LogP contribution in [-0.4, -0.2) is 33.0 Å². The molecule has 8 nitrogen and oxygen atoms in total. The molecule has 4 heterocycles.